The first-order valence-corrected chi connectivity index (χ1v) is 11.2. The second-order valence-electron chi connectivity index (χ2n) is 8.55. The lowest BCUT2D eigenvalue weighted by molar-refractivity contribution is -0.153. The second-order valence-corrected chi connectivity index (χ2v) is 8.55. The number of rotatable bonds is 7. The molecule has 2 atom stereocenters. The Kier molecular flexibility index (Phi) is 6.26. The molecule has 0 spiro atoms. The maximum absolute atomic E-state index is 13.8. The molecule has 0 saturated carbocycles. The fourth-order valence-corrected chi connectivity index (χ4v) is 4.34. The van der Waals surface area contributed by atoms with Crippen molar-refractivity contribution in [1.82, 2.24) is 9.55 Å². The summed E-state index contributed by atoms with van der Waals surface area (Å²) in [7, 11) is 1.47. The maximum Gasteiger partial charge on any atom is 0.321 e. The van der Waals surface area contributed by atoms with Crippen LogP contribution in [0.1, 0.15) is 38.8 Å². The van der Waals surface area contributed by atoms with Crippen molar-refractivity contribution >= 4 is 28.9 Å². The molecule has 8 heteroatoms. The van der Waals surface area contributed by atoms with Crippen molar-refractivity contribution in [2.45, 2.75) is 33.2 Å². The SMILES string of the molecule is CCOC(=O)[C@@H]1C(=O)N(CCC(C)C)c2nc3ccccc3n2[C@@H]1c1ccc(OC)c(O)c1. The molecule has 0 saturated heterocycles. The summed E-state index contributed by atoms with van der Waals surface area (Å²) in [4.78, 5) is 33.3. The molecule has 0 bridgehead atoms. The van der Waals surface area contributed by atoms with Gasteiger partial charge in [0.2, 0.25) is 11.9 Å². The van der Waals surface area contributed by atoms with E-state index in [0.717, 1.165) is 17.5 Å². The first-order valence-electron chi connectivity index (χ1n) is 11.2. The molecule has 2 heterocycles. The Bertz CT molecular complexity index is 1190. The zero-order valence-corrected chi connectivity index (χ0v) is 19.3. The number of hydrogen-bond donors (Lipinski definition) is 1. The number of para-hydroxylation sites is 2. The van der Waals surface area contributed by atoms with Crippen molar-refractivity contribution in [1.29, 1.82) is 0 Å². The van der Waals surface area contributed by atoms with Crippen LogP contribution in [0.2, 0.25) is 0 Å². The van der Waals surface area contributed by atoms with Crippen LogP contribution in [0, 0.1) is 11.8 Å². The van der Waals surface area contributed by atoms with Gasteiger partial charge in [0.05, 0.1) is 30.8 Å². The summed E-state index contributed by atoms with van der Waals surface area (Å²) in [5, 5.41) is 10.5. The highest BCUT2D eigenvalue weighted by Crippen LogP contribution is 2.43. The highest BCUT2D eigenvalue weighted by Gasteiger charge is 2.47. The van der Waals surface area contributed by atoms with Gasteiger partial charge >= 0.3 is 5.97 Å². The maximum atomic E-state index is 13.8. The molecule has 0 unspecified atom stereocenters. The summed E-state index contributed by atoms with van der Waals surface area (Å²) in [5.41, 5.74) is 2.11. The fraction of sp³-hybridized carbons (Fsp3) is 0.400. The summed E-state index contributed by atoms with van der Waals surface area (Å²) in [6.07, 6.45) is 0.762. The molecular weight excluding hydrogens is 422 g/mol. The minimum atomic E-state index is -1.12. The molecule has 8 nitrogen and oxygen atoms in total. The van der Waals surface area contributed by atoms with Gasteiger partial charge < -0.3 is 19.1 Å². The molecule has 1 aliphatic rings. The van der Waals surface area contributed by atoms with Crippen molar-refractivity contribution in [3.63, 3.8) is 0 Å². The van der Waals surface area contributed by atoms with Crippen LogP contribution in [-0.4, -0.2) is 46.8 Å². The molecule has 0 fully saturated rings. The Labute approximate surface area is 192 Å². The summed E-state index contributed by atoms with van der Waals surface area (Å²) in [6, 6.07) is 11.8. The summed E-state index contributed by atoms with van der Waals surface area (Å²) >= 11 is 0. The molecule has 4 rings (SSSR count). The molecule has 1 aliphatic heterocycles. The number of aromatic hydroxyl groups is 1. The molecule has 3 aromatic rings. The Morgan fingerprint density at radius 1 is 1.21 bits per heavy atom. The van der Waals surface area contributed by atoms with Crippen LogP contribution in [0.4, 0.5) is 5.95 Å². The van der Waals surface area contributed by atoms with E-state index in [1.54, 1.807) is 24.0 Å². The number of aromatic nitrogens is 2. The van der Waals surface area contributed by atoms with E-state index in [-0.39, 0.29) is 18.3 Å². The minimum Gasteiger partial charge on any atom is -0.504 e. The third-order valence-electron chi connectivity index (χ3n) is 5.96. The largest absolute Gasteiger partial charge is 0.504 e. The van der Waals surface area contributed by atoms with Gasteiger partial charge in [-0.1, -0.05) is 32.0 Å². The lowest BCUT2D eigenvalue weighted by Gasteiger charge is -2.38. The molecule has 1 amide bonds. The van der Waals surface area contributed by atoms with Gasteiger partial charge in [-0.3, -0.25) is 14.5 Å². The van der Waals surface area contributed by atoms with Gasteiger partial charge in [0, 0.05) is 6.54 Å². The molecule has 174 valence electrons. The number of phenolic OH excluding ortho intramolecular Hbond substituents is 1. The van der Waals surface area contributed by atoms with Crippen molar-refractivity contribution in [2.24, 2.45) is 11.8 Å². The number of nitrogens with zero attached hydrogens (tertiary/aromatic N) is 3. The first kappa shape index (κ1) is 22.6. The van der Waals surface area contributed by atoms with Crippen LogP contribution in [0.25, 0.3) is 11.0 Å². The zero-order chi connectivity index (χ0) is 23.7. The van der Waals surface area contributed by atoms with E-state index < -0.39 is 17.9 Å². The van der Waals surface area contributed by atoms with E-state index in [1.165, 1.54) is 13.2 Å². The van der Waals surface area contributed by atoms with E-state index in [9.17, 15) is 14.7 Å². The fourth-order valence-electron chi connectivity index (χ4n) is 4.34. The molecule has 2 aromatic carbocycles. The van der Waals surface area contributed by atoms with E-state index in [4.69, 9.17) is 14.5 Å². The summed E-state index contributed by atoms with van der Waals surface area (Å²) < 4.78 is 12.4. The quantitative estimate of drug-likeness (QED) is 0.432. The van der Waals surface area contributed by atoms with Gasteiger partial charge in [0.25, 0.3) is 0 Å². The van der Waals surface area contributed by atoms with Crippen molar-refractivity contribution in [3.8, 4) is 11.5 Å². The Morgan fingerprint density at radius 2 is 1.97 bits per heavy atom. The molecule has 0 radical (unpaired) electrons. The number of fused-ring (bicyclic) bond motifs is 3. The average molecular weight is 452 g/mol. The van der Waals surface area contributed by atoms with Gasteiger partial charge in [-0.05, 0) is 49.1 Å². The number of imidazole rings is 1. The Balaban J connectivity index is 1.96. The monoisotopic (exact) mass is 451 g/mol. The smallest absolute Gasteiger partial charge is 0.321 e. The van der Waals surface area contributed by atoms with E-state index in [2.05, 4.69) is 13.8 Å². The standard InChI is InChI=1S/C25H29N3O5/c1-5-33-24(31)21-22(16-10-11-20(32-4)19(29)14-16)28-18-9-7-6-8-17(18)26-25(28)27(23(21)30)13-12-15(2)3/h6-11,14-15,21-22,29H,5,12-13H2,1-4H3/t21-,22+/m0/s1. The number of benzene rings is 2. The molecule has 33 heavy (non-hydrogen) atoms. The number of hydrogen-bond acceptors (Lipinski definition) is 6. The number of methoxy groups -OCH3 is 1. The summed E-state index contributed by atoms with van der Waals surface area (Å²) in [5.74, 6) is -0.968. The van der Waals surface area contributed by atoms with Gasteiger partial charge in [0.1, 0.15) is 0 Å². The summed E-state index contributed by atoms with van der Waals surface area (Å²) in [6.45, 7) is 6.49. The van der Waals surface area contributed by atoms with Crippen LogP contribution in [0.5, 0.6) is 11.5 Å². The van der Waals surface area contributed by atoms with Crippen LogP contribution in [0.15, 0.2) is 42.5 Å². The van der Waals surface area contributed by atoms with E-state index >= 15 is 0 Å². The van der Waals surface area contributed by atoms with Gasteiger partial charge in [0.15, 0.2) is 17.4 Å². The van der Waals surface area contributed by atoms with Crippen LogP contribution < -0.4 is 9.64 Å². The van der Waals surface area contributed by atoms with Crippen molar-refractivity contribution in [3.05, 3.63) is 48.0 Å². The van der Waals surface area contributed by atoms with Crippen molar-refractivity contribution in [2.75, 3.05) is 25.2 Å². The van der Waals surface area contributed by atoms with E-state index in [0.29, 0.717) is 29.7 Å². The lowest BCUT2D eigenvalue weighted by atomic mass is 9.89. The first-order chi connectivity index (χ1) is 15.9. The Morgan fingerprint density at radius 3 is 2.64 bits per heavy atom. The lowest BCUT2D eigenvalue weighted by Crippen LogP contribution is -2.50. The van der Waals surface area contributed by atoms with Crippen LogP contribution in [-0.2, 0) is 14.3 Å². The van der Waals surface area contributed by atoms with Crippen LogP contribution >= 0.6 is 0 Å². The molecule has 1 aromatic heterocycles. The minimum absolute atomic E-state index is 0.0710. The predicted molar refractivity (Wildman–Crippen MR) is 124 cm³/mol. The average Bonchev–Trinajstić information content (AvgIpc) is 3.16. The number of carbonyl (C=O) groups excluding carboxylic acids is 2. The topological polar surface area (TPSA) is 93.9 Å². The number of carbonyl (C=O) groups is 2. The normalized spacial score (nSPS) is 18.0. The third-order valence-corrected chi connectivity index (χ3v) is 5.96. The van der Waals surface area contributed by atoms with E-state index in [1.807, 2.05) is 28.8 Å². The number of amides is 1. The third kappa shape index (κ3) is 4.01. The predicted octanol–water partition coefficient (Wildman–Crippen LogP) is 3.91. The highest BCUT2D eigenvalue weighted by molar-refractivity contribution is 6.08. The zero-order valence-electron chi connectivity index (χ0n) is 19.3. The number of esters is 1. The van der Waals surface area contributed by atoms with Gasteiger partial charge in [-0.25, -0.2) is 4.98 Å². The number of anilines is 1. The highest BCUT2D eigenvalue weighted by atomic mass is 16.5. The van der Waals surface area contributed by atoms with Crippen molar-refractivity contribution < 1.29 is 24.2 Å². The molecular formula is C25H29N3O5. The van der Waals surface area contributed by atoms with Gasteiger partial charge in [-0.15, -0.1) is 0 Å². The molecule has 1 N–H and O–H groups in total. The van der Waals surface area contributed by atoms with Crippen LogP contribution in [0.3, 0.4) is 0 Å². The second kappa shape index (κ2) is 9.13. The Hall–Kier alpha value is -3.55. The molecule has 0 aliphatic carbocycles. The number of ether oxygens (including phenoxy) is 2. The number of phenols is 1. The van der Waals surface area contributed by atoms with Gasteiger partial charge in [-0.2, -0.15) is 0 Å².